The van der Waals surface area contributed by atoms with Crippen LogP contribution in [0.2, 0.25) is 0 Å². The third-order valence-electron chi connectivity index (χ3n) is 5.80. The van der Waals surface area contributed by atoms with Gasteiger partial charge in [0.2, 0.25) is 5.91 Å². The topological polar surface area (TPSA) is 52.7 Å². The van der Waals surface area contributed by atoms with E-state index in [9.17, 15) is 9.59 Å². The lowest BCUT2D eigenvalue weighted by atomic mass is 9.72. The summed E-state index contributed by atoms with van der Waals surface area (Å²) in [5.41, 5.74) is 2.24. The molecule has 3 amide bonds. The van der Waals surface area contributed by atoms with Crippen LogP contribution in [0.15, 0.2) is 36.9 Å². The fraction of sp³-hybridized carbons (Fsp3) is 0.524. The highest BCUT2D eigenvalue weighted by atomic mass is 16.2. The summed E-state index contributed by atoms with van der Waals surface area (Å²) in [5.74, 6) is 0.228. The van der Waals surface area contributed by atoms with Gasteiger partial charge in [-0.3, -0.25) is 4.79 Å². The van der Waals surface area contributed by atoms with Crippen molar-refractivity contribution in [3.05, 3.63) is 42.5 Å². The molecule has 1 aromatic carbocycles. The first-order valence-corrected chi connectivity index (χ1v) is 9.59. The van der Waals surface area contributed by atoms with Gasteiger partial charge in [-0.2, -0.15) is 0 Å². The van der Waals surface area contributed by atoms with E-state index in [1.807, 2.05) is 28.0 Å². The Labute approximate surface area is 156 Å². The van der Waals surface area contributed by atoms with Crippen LogP contribution in [0, 0.1) is 5.41 Å². The molecule has 0 aromatic heterocycles. The lowest BCUT2D eigenvalue weighted by Crippen LogP contribution is -2.52. The van der Waals surface area contributed by atoms with E-state index in [1.165, 1.54) is 5.56 Å². The van der Waals surface area contributed by atoms with E-state index in [2.05, 4.69) is 24.9 Å². The van der Waals surface area contributed by atoms with Crippen LogP contribution < -0.4 is 5.32 Å². The number of aryl methyl sites for hydroxylation is 1. The number of hydrogen-bond acceptors (Lipinski definition) is 2. The van der Waals surface area contributed by atoms with Crippen LogP contribution in [0.1, 0.15) is 38.2 Å². The van der Waals surface area contributed by atoms with E-state index in [4.69, 9.17) is 0 Å². The Kier molecular flexibility index (Phi) is 5.64. The Morgan fingerprint density at radius 1 is 1.31 bits per heavy atom. The molecule has 2 aliphatic heterocycles. The van der Waals surface area contributed by atoms with Crippen molar-refractivity contribution in [3.63, 3.8) is 0 Å². The number of piperidine rings is 2. The summed E-state index contributed by atoms with van der Waals surface area (Å²) in [5, 5.41) is 3.02. The average Bonchev–Trinajstić information content (AvgIpc) is 2.66. The molecule has 0 aliphatic carbocycles. The summed E-state index contributed by atoms with van der Waals surface area (Å²) in [6.07, 6.45) is 6.21. The van der Waals surface area contributed by atoms with Crippen LogP contribution in [0.3, 0.4) is 0 Å². The molecule has 2 heterocycles. The van der Waals surface area contributed by atoms with Crippen LogP contribution in [-0.2, 0) is 11.2 Å². The predicted molar refractivity (Wildman–Crippen MR) is 104 cm³/mol. The van der Waals surface area contributed by atoms with Crippen molar-refractivity contribution in [2.45, 2.75) is 39.0 Å². The minimum Gasteiger partial charge on any atom is -0.338 e. The molecule has 1 aromatic rings. The van der Waals surface area contributed by atoms with E-state index >= 15 is 0 Å². The van der Waals surface area contributed by atoms with Crippen molar-refractivity contribution in [2.24, 2.45) is 5.41 Å². The van der Waals surface area contributed by atoms with Gasteiger partial charge in [0.25, 0.3) is 0 Å². The summed E-state index contributed by atoms with van der Waals surface area (Å²) >= 11 is 0. The van der Waals surface area contributed by atoms with Gasteiger partial charge in [-0.1, -0.05) is 25.1 Å². The molecule has 0 radical (unpaired) electrons. The lowest BCUT2D eigenvalue weighted by Gasteiger charge is -2.47. The highest BCUT2D eigenvalue weighted by molar-refractivity contribution is 5.89. The maximum atomic E-state index is 12.6. The van der Waals surface area contributed by atoms with E-state index in [-0.39, 0.29) is 17.4 Å². The second-order valence-electron chi connectivity index (χ2n) is 7.53. The van der Waals surface area contributed by atoms with Crippen molar-refractivity contribution in [1.82, 2.24) is 9.80 Å². The first kappa shape index (κ1) is 18.5. The number of benzene rings is 1. The molecule has 3 rings (SSSR count). The number of nitrogens with zero attached hydrogens (tertiary/aromatic N) is 2. The zero-order valence-electron chi connectivity index (χ0n) is 15.7. The van der Waals surface area contributed by atoms with E-state index in [0.717, 1.165) is 51.0 Å². The Hall–Kier alpha value is -2.30. The van der Waals surface area contributed by atoms with Crippen molar-refractivity contribution in [2.75, 3.05) is 31.5 Å². The summed E-state index contributed by atoms with van der Waals surface area (Å²) in [7, 11) is 0. The maximum Gasteiger partial charge on any atom is 0.321 e. The van der Waals surface area contributed by atoms with Gasteiger partial charge in [0.15, 0.2) is 0 Å². The van der Waals surface area contributed by atoms with E-state index in [1.54, 1.807) is 6.08 Å². The highest BCUT2D eigenvalue weighted by Gasteiger charge is 2.41. The normalized spacial score (nSPS) is 19.5. The van der Waals surface area contributed by atoms with Gasteiger partial charge in [0, 0.05) is 38.3 Å². The van der Waals surface area contributed by atoms with Gasteiger partial charge in [-0.05, 0) is 48.8 Å². The zero-order valence-corrected chi connectivity index (χ0v) is 15.7. The summed E-state index contributed by atoms with van der Waals surface area (Å²) in [6.45, 7) is 8.77. The number of urea groups is 1. The van der Waals surface area contributed by atoms with Crippen molar-refractivity contribution >= 4 is 17.6 Å². The van der Waals surface area contributed by atoms with Crippen LogP contribution in [0.4, 0.5) is 10.5 Å². The van der Waals surface area contributed by atoms with Crippen molar-refractivity contribution < 1.29 is 9.59 Å². The summed E-state index contributed by atoms with van der Waals surface area (Å²) in [4.78, 5) is 28.5. The molecule has 2 saturated heterocycles. The average molecular weight is 355 g/mol. The minimum atomic E-state index is -0.0251. The molecule has 140 valence electrons. The number of carbonyl (C=O) groups excluding carboxylic acids is 2. The van der Waals surface area contributed by atoms with Gasteiger partial charge in [0.1, 0.15) is 0 Å². The molecular weight excluding hydrogens is 326 g/mol. The third-order valence-corrected chi connectivity index (χ3v) is 5.80. The molecule has 0 atom stereocenters. The van der Waals surface area contributed by atoms with Gasteiger partial charge < -0.3 is 15.1 Å². The Morgan fingerprint density at radius 2 is 2.08 bits per heavy atom. The van der Waals surface area contributed by atoms with Crippen LogP contribution >= 0.6 is 0 Å². The number of nitrogens with one attached hydrogen (secondary N) is 1. The molecule has 1 N–H and O–H groups in total. The summed E-state index contributed by atoms with van der Waals surface area (Å²) < 4.78 is 0. The second-order valence-corrected chi connectivity index (χ2v) is 7.53. The lowest BCUT2D eigenvalue weighted by molar-refractivity contribution is -0.138. The highest BCUT2D eigenvalue weighted by Crippen LogP contribution is 2.40. The zero-order chi connectivity index (χ0) is 18.6. The van der Waals surface area contributed by atoms with Crippen LogP contribution in [-0.4, -0.2) is 47.9 Å². The quantitative estimate of drug-likeness (QED) is 0.838. The number of rotatable bonds is 4. The molecule has 0 saturated carbocycles. The first-order valence-electron chi connectivity index (χ1n) is 9.59. The molecule has 5 heteroatoms. The SMILES string of the molecule is C=CCN1CC2(CCC1=O)CCN(C(=O)Nc1cccc(CC)c1)CC2. The Balaban J connectivity index is 1.56. The number of amides is 3. The first-order chi connectivity index (χ1) is 12.5. The van der Waals surface area contributed by atoms with Crippen molar-refractivity contribution in [1.29, 1.82) is 0 Å². The summed E-state index contributed by atoms with van der Waals surface area (Å²) in [6, 6.07) is 7.99. The molecular formula is C21H29N3O2. The van der Waals surface area contributed by atoms with Crippen LogP contribution in [0.25, 0.3) is 0 Å². The molecule has 2 aliphatic rings. The number of hydrogen-bond donors (Lipinski definition) is 1. The fourth-order valence-corrected chi connectivity index (χ4v) is 4.09. The third kappa shape index (κ3) is 4.09. The fourth-order valence-electron chi connectivity index (χ4n) is 4.09. The monoisotopic (exact) mass is 355 g/mol. The van der Waals surface area contributed by atoms with E-state index < -0.39 is 0 Å². The standard InChI is InChI=1S/C21H29N3O2/c1-3-12-24-16-21(9-8-19(24)25)10-13-23(14-11-21)20(26)22-18-7-5-6-17(4-2)15-18/h3,5-7,15H,1,4,8-14,16H2,2H3,(H,22,26). The van der Waals surface area contributed by atoms with Crippen LogP contribution in [0.5, 0.6) is 0 Å². The number of likely N-dealkylation sites (tertiary alicyclic amines) is 2. The molecule has 5 nitrogen and oxygen atoms in total. The number of anilines is 1. The molecule has 0 bridgehead atoms. The minimum absolute atomic E-state index is 0.0251. The maximum absolute atomic E-state index is 12.6. The molecule has 26 heavy (non-hydrogen) atoms. The molecule has 2 fully saturated rings. The van der Waals surface area contributed by atoms with Gasteiger partial charge in [-0.15, -0.1) is 6.58 Å². The smallest absolute Gasteiger partial charge is 0.321 e. The second kappa shape index (κ2) is 7.94. The predicted octanol–water partition coefficient (Wildman–Crippen LogP) is 3.67. The van der Waals surface area contributed by atoms with E-state index in [0.29, 0.717) is 13.0 Å². The molecule has 0 unspecified atom stereocenters. The van der Waals surface area contributed by atoms with Gasteiger partial charge >= 0.3 is 6.03 Å². The largest absolute Gasteiger partial charge is 0.338 e. The van der Waals surface area contributed by atoms with Gasteiger partial charge in [0.05, 0.1) is 0 Å². The van der Waals surface area contributed by atoms with Crippen molar-refractivity contribution in [3.8, 4) is 0 Å². The molecule has 1 spiro atoms. The number of carbonyl (C=O) groups is 2. The Bertz CT molecular complexity index is 678. The van der Waals surface area contributed by atoms with Gasteiger partial charge in [-0.25, -0.2) is 4.79 Å². The Morgan fingerprint density at radius 3 is 2.77 bits per heavy atom.